The molecule has 2 rings (SSSR count). The molecule has 7 heteroatoms. The van der Waals surface area contributed by atoms with Crippen molar-refractivity contribution in [3.05, 3.63) is 11.6 Å². The van der Waals surface area contributed by atoms with Gasteiger partial charge in [0.25, 0.3) is 0 Å². The van der Waals surface area contributed by atoms with Crippen LogP contribution >= 0.6 is 0 Å². The van der Waals surface area contributed by atoms with Gasteiger partial charge >= 0.3 is 5.97 Å². The summed E-state index contributed by atoms with van der Waals surface area (Å²) in [6.07, 6.45) is 8.60. The summed E-state index contributed by atoms with van der Waals surface area (Å²) < 4.78 is 0. The third-order valence-electron chi connectivity index (χ3n) is 7.18. The van der Waals surface area contributed by atoms with E-state index in [1.165, 1.54) is 0 Å². The largest absolute Gasteiger partial charge is 0.478 e. The molecule has 1 heterocycles. The van der Waals surface area contributed by atoms with Crippen molar-refractivity contribution < 1.29 is 19.5 Å². The summed E-state index contributed by atoms with van der Waals surface area (Å²) in [4.78, 5) is 42.3. The predicted octanol–water partition coefficient (Wildman–Crippen LogP) is 3.44. The lowest BCUT2D eigenvalue weighted by molar-refractivity contribution is -0.140. The summed E-state index contributed by atoms with van der Waals surface area (Å²) in [6.45, 7) is 10.6. The highest BCUT2D eigenvalue weighted by atomic mass is 16.4. The van der Waals surface area contributed by atoms with Crippen LogP contribution in [0.1, 0.15) is 79.6 Å². The van der Waals surface area contributed by atoms with Crippen LogP contribution in [0.2, 0.25) is 0 Å². The van der Waals surface area contributed by atoms with Gasteiger partial charge in [0, 0.05) is 18.7 Å². The fraction of sp³-hybridized carbons (Fsp3) is 0.800. The van der Waals surface area contributed by atoms with E-state index in [4.69, 9.17) is 0 Å². The van der Waals surface area contributed by atoms with Gasteiger partial charge in [-0.25, -0.2) is 4.79 Å². The second-order valence-corrected chi connectivity index (χ2v) is 10.2. The van der Waals surface area contributed by atoms with Gasteiger partial charge in [-0.05, 0) is 64.8 Å². The van der Waals surface area contributed by atoms with Crippen LogP contribution in [0.25, 0.3) is 0 Å². The molecule has 1 aliphatic carbocycles. The molecule has 2 N–H and O–H groups in total. The van der Waals surface area contributed by atoms with Gasteiger partial charge in [0.05, 0.1) is 12.1 Å². The number of carbonyl (C=O) groups is 3. The van der Waals surface area contributed by atoms with Crippen molar-refractivity contribution in [2.45, 2.75) is 104 Å². The molecule has 1 aliphatic heterocycles. The van der Waals surface area contributed by atoms with Crippen molar-refractivity contribution in [1.29, 1.82) is 0 Å². The minimum Gasteiger partial charge on any atom is -0.478 e. The fourth-order valence-corrected chi connectivity index (χ4v) is 5.22. The van der Waals surface area contributed by atoms with Gasteiger partial charge in [0.1, 0.15) is 6.04 Å². The van der Waals surface area contributed by atoms with E-state index in [1.807, 2.05) is 13.8 Å². The Morgan fingerprint density at radius 1 is 1.03 bits per heavy atom. The van der Waals surface area contributed by atoms with Crippen LogP contribution in [0.4, 0.5) is 0 Å². The molecule has 182 valence electrons. The third-order valence-corrected chi connectivity index (χ3v) is 7.18. The van der Waals surface area contributed by atoms with Gasteiger partial charge in [-0.1, -0.05) is 39.2 Å². The molecular weight excluding hydrogens is 406 g/mol. The number of rotatable bonds is 9. The van der Waals surface area contributed by atoms with Crippen molar-refractivity contribution in [3.63, 3.8) is 0 Å². The average Bonchev–Trinajstić information content (AvgIpc) is 3.28. The number of amides is 2. The van der Waals surface area contributed by atoms with Crippen molar-refractivity contribution >= 4 is 17.8 Å². The summed E-state index contributed by atoms with van der Waals surface area (Å²) in [5.41, 5.74) is 0.222. The second-order valence-electron chi connectivity index (χ2n) is 10.2. The topological polar surface area (TPSA) is 90.0 Å². The first-order valence-electron chi connectivity index (χ1n) is 12.3. The molecule has 2 amide bonds. The van der Waals surface area contributed by atoms with Crippen molar-refractivity contribution in [2.75, 3.05) is 13.6 Å². The maximum Gasteiger partial charge on any atom is 0.331 e. The van der Waals surface area contributed by atoms with Gasteiger partial charge in [-0.3, -0.25) is 14.5 Å². The molecule has 0 radical (unpaired) electrons. The molecule has 2 aliphatic rings. The molecule has 0 aromatic heterocycles. The number of nitrogens with zero attached hydrogens (tertiary/aromatic N) is 2. The zero-order valence-corrected chi connectivity index (χ0v) is 20.8. The molecule has 0 aromatic carbocycles. The highest BCUT2D eigenvalue weighted by Gasteiger charge is 2.39. The molecule has 2 fully saturated rings. The molecule has 1 saturated carbocycles. The van der Waals surface area contributed by atoms with Crippen LogP contribution in [0.3, 0.4) is 0 Å². The lowest BCUT2D eigenvalue weighted by atomic mass is 9.93. The Kier molecular flexibility index (Phi) is 9.74. The Labute approximate surface area is 193 Å². The molecular formula is C25H43N3O4. The van der Waals surface area contributed by atoms with E-state index in [-0.39, 0.29) is 47.3 Å². The number of carboxylic acids is 1. The minimum absolute atomic E-state index is 0.0459. The maximum atomic E-state index is 13.7. The number of hydrogen-bond acceptors (Lipinski definition) is 4. The molecule has 0 aromatic rings. The van der Waals surface area contributed by atoms with Gasteiger partial charge < -0.3 is 15.3 Å². The third kappa shape index (κ3) is 6.56. The van der Waals surface area contributed by atoms with E-state index in [1.54, 1.807) is 24.9 Å². The Balaban J connectivity index is 2.25. The van der Waals surface area contributed by atoms with Gasteiger partial charge in [0.2, 0.25) is 11.8 Å². The number of piperidine rings is 1. The van der Waals surface area contributed by atoms with Gasteiger partial charge in [-0.2, -0.15) is 0 Å². The number of carboxylic acid groups (broad SMARTS) is 1. The SMILES string of the molecule is CC(=C[C@H](C(C)C)N(C)C(=O)[C@@H](NC(=O)[C@H]1CCCCN1C(C)C)C1CCCC1)C(=O)O. The van der Waals surface area contributed by atoms with E-state index in [2.05, 4.69) is 24.1 Å². The molecule has 32 heavy (non-hydrogen) atoms. The van der Waals surface area contributed by atoms with Crippen LogP contribution in [0.5, 0.6) is 0 Å². The van der Waals surface area contributed by atoms with E-state index in [0.29, 0.717) is 0 Å². The summed E-state index contributed by atoms with van der Waals surface area (Å²) >= 11 is 0. The summed E-state index contributed by atoms with van der Waals surface area (Å²) in [5, 5.41) is 12.5. The van der Waals surface area contributed by atoms with Crippen LogP contribution in [-0.4, -0.2) is 70.4 Å². The van der Waals surface area contributed by atoms with E-state index >= 15 is 0 Å². The monoisotopic (exact) mass is 449 g/mol. The Hall–Kier alpha value is -1.89. The van der Waals surface area contributed by atoms with Gasteiger partial charge in [-0.15, -0.1) is 0 Å². The highest BCUT2D eigenvalue weighted by Crippen LogP contribution is 2.30. The molecule has 7 nitrogen and oxygen atoms in total. The Bertz CT molecular complexity index is 697. The normalized spacial score (nSPS) is 22.8. The maximum absolute atomic E-state index is 13.7. The molecule has 0 spiro atoms. The quantitative estimate of drug-likeness (QED) is 0.526. The van der Waals surface area contributed by atoms with Crippen molar-refractivity contribution in [3.8, 4) is 0 Å². The standard InChI is InChI=1S/C25H43N3O4/c1-16(2)21(15-18(5)25(31)32)27(6)24(30)22(19-11-7-8-12-19)26-23(29)20-13-9-10-14-28(20)17(3)4/h15-17,19-22H,7-14H2,1-6H3,(H,26,29)(H,31,32)/t20-,21-,22+/m1/s1. The lowest BCUT2D eigenvalue weighted by Gasteiger charge is -2.39. The zero-order chi connectivity index (χ0) is 24.0. The lowest BCUT2D eigenvalue weighted by Crippen LogP contribution is -2.59. The number of aliphatic carboxylic acids is 1. The smallest absolute Gasteiger partial charge is 0.331 e. The van der Waals surface area contributed by atoms with Gasteiger partial charge in [0.15, 0.2) is 0 Å². The summed E-state index contributed by atoms with van der Waals surface area (Å²) in [5.74, 6) is -0.973. The average molecular weight is 450 g/mol. The first-order chi connectivity index (χ1) is 15.0. The number of likely N-dealkylation sites (N-methyl/N-ethyl adjacent to an activating group) is 1. The van der Waals surface area contributed by atoms with Crippen LogP contribution < -0.4 is 5.32 Å². The molecule has 1 saturated heterocycles. The minimum atomic E-state index is -0.983. The highest BCUT2D eigenvalue weighted by molar-refractivity contribution is 5.90. The Morgan fingerprint density at radius 3 is 2.16 bits per heavy atom. The number of carbonyl (C=O) groups excluding carboxylic acids is 2. The number of nitrogens with one attached hydrogen (secondary N) is 1. The predicted molar refractivity (Wildman–Crippen MR) is 126 cm³/mol. The Morgan fingerprint density at radius 2 is 1.62 bits per heavy atom. The van der Waals surface area contributed by atoms with Crippen LogP contribution in [0, 0.1) is 11.8 Å². The first kappa shape index (κ1) is 26.4. The van der Waals surface area contributed by atoms with E-state index in [0.717, 1.165) is 51.5 Å². The zero-order valence-electron chi connectivity index (χ0n) is 20.8. The van der Waals surface area contributed by atoms with Crippen molar-refractivity contribution in [2.24, 2.45) is 11.8 Å². The van der Waals surface area contributed by atoms with Crippen LogP contribution in [0.15, 0.2) is 11.6 Å². The first-order valence-corrected chi connectivity index (χ1v) is 12.3. The van der Waals surface area contributed by atoms with E-state index in [9.17, 15) is 19.5 Å². The number of hydrogen-bond donors (Lipinski definition) is 2. The summed E-state index contributed by atoms with van der Waals surface area (Å²) in [6, 6.07) is -0.823. The van der Waals surface area contributed by atoms with E-state index < -0.39 is 12.0 Å². The molecule has 3 atom stereocenters. The molecule has 0 bridgehead atoms. The van der Waals surface area contributed by atoms with Crippen LogP contribution in [-0.2, 0) is 14.4 Å². The summed E-state index contributed by atoms with van der Waals surface area (Å²) in [7, 11) is 1.73. The fourth-order valence-electron chi connectivity index (χ4n) is 5.22. The number of likely N-dealkylation sites (tertiary alicyclic amines) is 1. The second kappa shape index (κ2) is 11.8. The molecule has 0 unspecified atom stereocenters. The van der Waals surface area contributed by atoms with Crippen molar-refractivity contribution in [1.82, 2.24) is 15.1 Å².